The van der Waals surface area contributed by atoms with Crippen LogP contribution in [-0.4, -0.2) is 6.29 Å². The third-order valence-corrected chi connectivity index (χ3v) is 3.94. The Bertz CT molecular complexity index is 649. The fourth-order valence-corrected chi connectivity index (χ4v) is 2.83. The van der Waals surface area contributed by atoms with E-state index in [1.54, 1.807) is 18.2 Å². The SMILES string of the molecule is O=Cc1ccc(OCc2ccc3c(c2)CCC3)c(Cl)c1. The second kappa shape index (κ2) is 5.68. The van der Waals surface area contributed by atoms with Crippen LogP contribution >= 0.6 is 11.6 Å². The number of rotatable bonds is 4. The van der Waals surface area contributed by atoms with Crippen LogP contribution in [0.3, 0.4) is 0 Å². The Morgan fingerprint density at radius 3 is 2.75 bits per heavy atom. The van der Waals surface area contributed by atoms with Crippen molar-refractivity contribution in [2.75, 3.05) is 0 Å². The summed E-state index contributed by atoms with van der Waals surface area (Å²) in [5.41, 5.74) is 4.61. The largest absolute Gasteiger partial charge is 0.487 e. The number of carbonyl (C=O) groups is 1. The first-order chi connectivity index (χ1) is 9.76. The van der Waals surface area contributed by atoms with Gasteiger partial charge in [0.15, 0.2) is 0 Å². The summed E-state index contributed by atoms with van der Waals surface area (Å²) >= 11 is 6.08. The summed E-state index contributed by atoms with van der Waals surface area (Å²) in [6.07, 6.45) is 4.38. The van der Waals surface area contributed by atoms with Crippen molar-refractivity contribution in [2.24, 2.45) is 0 Å². The third kappa shape index (κ3) is 2.70. The highest BCUT2D eigenvalue weighted by Crippen LogP contribution is 2.27. The number of halogens is 1. The van der Waals surface area contributed by atoms with Gasteiger partial charge in [-0.15, -0.1) is 0 Å². The van der Waals surface area contributed by atoms with Gasteiger partial charge >= 0.3 is 0 Å². The predicted molar refractivity (Wildman–Crippen MR) is 79.6 cm³/mol. The number of hydrogen-bond acceptors (Lipinski definition) is 2. The van der Waals surface area contributed by atoms with Crippen LogP contribution in [0.15, 0.2) is 36.4 Å². The average Bonchev–Trinajstić information content (AvgIpc) is 2.93. The molecule has 2 nitrogen and oxygen atoms in total. The molecule has 0 unspecified atom stereocenters. The molecular weight excluding hydrogens is 272 g/mol. The fourth-order valence-electron chi connectivity index (χ4n) is 2.58. The first-order valence-corrected chi connectivity index (χ1v) is 7.12. The number of hydrogen-bond donors (Lipinski definition) is 0. The molecule has 0 amide bonds. The van der Waals surface area contributed by atoms with Crippen molar-refractivity contribution in [3.8, 4) is 5.75 Å². The second-order valence-electron chi connectivity index (χ2n) is 5.05. The molecule has 0 bridgehead atoms. The number of aryl methyl sites for hydroxylation is 2. The molecule has 102 valence electrons. The van der Waals surface area contributed by atoms with Crippen molar-refractivity contribution in [2.45, 2.75) is 25.9 Å². The normalized spacial score (nSPS) is 13.1. The molecular formula is C17H15ClO2. The summed E-state index contributed by atoms with van der Waals surface area (Å²) in [6.45, 7) is 0.493. The van der Waals surface area contributed by atoms with Crippen LogP contribution in [0.5, 0.6) is 5.75 Å². The van der Waals surface area contributed by atoms with Gasteiger partial charge in [0, 0.05) is 5.56 Å². The van der Waals surface area contributed by atoms with Crippen LogP contribution < -0.4 is 4.74 Å². The smallest absolute Gasteiger partial charge is 0.150 e. The van der Waals surface area contributed by atoms with Gasteiger partial charge in [0.05, 0.1) is 5.02 Å². The van der Waals surface area contributed by atoms with E-state index in [2.05, 4.69) is 18.2 Å². The zero-order valence-corrected chi connectivity index (χ0v) is 11.8. The molecule has 0 spiro atoms. The molecule has 0 fully saturated rings. The molecule has 0 N–H and O–H groups in total. The summed E-state index contributed by atoms with van der Waals surface area (Å²) in [6, 6.07) is 11.6. The molecule has 0 saturated carbocycles. The third-order valence-electron chi connectivity index (χ3n) is 3.65. The van der Waals surface area contributed by atoms with Crippen LogP contribution in [-0.2, 0) is 19.4 Å². The molecule has 1 aliphatic carbocycles. The molecule has 0 aliphatic heterocycles. The van der Waals surface area contributed by atoms with Crippen LogP contribution in [0.4, 0.5) is 0 Å². The summed E-state index contributed by atoms with van der Waals surface area (Å²) in [7, 11) is 0. The van der Waals surface area contributed by atoms with E-state index in [1.807, 2.05) is 0 Å². The lowest BCUT2D eigenvalue weighted by molar-refractivity contribution is 0.112. The number of aldehydes is 1. The van der Waals surface area contributed by atoms with E-state index in [9.17, 15) is 4.79 Å². The standard InChI is InChI=1S/C17H15ClO2/c18-16-9-12(10-19)5-7-17(16)20-11-13-4-6-14-2-1-3-15(14)8-13/h4-10H,1-3,11H2. The minimum atomic E-state index is 0.468. The minimum absolute atomic E-state index is 0.468. The summed E-state index contributed by atoms with van der Waals surface area (Å²) < 4.78 is 5.73. The molecule has 2 aromatic rings. The van der Waals surface area contributed by atoms with Gasteiger partial charge < -0.3 is 4.74 Å². The van der Waals surface area contributed by atoms with E-state index >= 15 is 0 Å². The zero-order chi connectivity index (χ0) is 13.9. The predicted octanol–water partition coefficient (Wildman–Crippen LogP) is 4.22. The first-order valence-electron chi connectivity index (χ1n) is 6.74. The first kappa shape index (κ1) is 13.2. The van der Waals surface area contributed by atoms with E-state index in [0.717, 1.165) is 18.3 Å². The van der Waals surface area contributed by atoms with Crippen molar-refractivity contribution in [1.82, 2.24) is 0 Å². The molecule has 0 aromatic heterocycles. The molecule has 3 rings (SSSR count). The Morgan fingerprint density at radius 2 is 1.95 bits per heavy atom. The second-order valence-corrected chi connectivity index (χ2v) is 5.46. The Hall–Kier alpha value is -1.80. The van der Waals surface area contributed by atoms with Crippen LogP contribution in [0.25, 0.3) is 0 Å². The Kier molecular flexibility index (Phi) is 3.75. The van der Waals surface area contributed by atoms with Crippen molar-refractivity contribution >= 4 is 17.9 Å². The van der Waals surface area contributed by atoms with Gasteiger partial charge in [-0.2, -0.15) is 0 Å². The molecule has 2 aromatic carbocycles. The lowest BCUT2D eigenvalue weighted by Gasteiger charge is -2.09. The van der Waals surface area contributed by atoms with Crippen LogP contribution in [0.2, 0.25) is 5.02 Å². The summed E-state index contributed by atoms with van der Waals surface area (Å²) in [5.74, 6) is 0.609. The van der Waals surface area contributed by atoms with Gasteiger partial charge in [-0.1, -0.05) is 29.8 Å². The highest BCUT2D eigenvalue weighted by molar-refractivity contribution is 6.32. The van der Waals surface area contributed by atoms with Gasteiger partial charge in [-0.25, -0.2) is 0 Å². The Labute approximate surface area is 123 Å². The van der Waals surface area contributed by atoms with E-state index in [-0.39, 0.29) is 0 Å². The maximum atomic E-state index is 10.7. The van der Waals surface area contributed by atoms with Gasteiger partial charge in [-0.3, -0.25) is 4.79 Å². The number of fused-ring (bicyclic) bond motifs is 1. The van der Waals surface area contributed by atoms with Crippen molar-refractivity contribution < 1.29 is 9.53 Å². The number of benzene rings is 2. The molecule has 0 saturated heterocycles. The zero-order valence-electron chi connectivity index (χ0n) is 11.1. The Morgan fingerprint density at radius 1 is 1.10 bits per heavy atom. The number of ether oxygens (including phenoxy) is 1. The highest BCUT2D eigenvalue weighted by atomic mass is 35.5. The lowest BCUT2D eigenvalue weighted by Crippen LogP contribution is -1.97. The van der Waals surface area contributed by atoms with E-state index in [4.69, 9.17) is 16.3 Å². The Balaban J connectivity index is 1.72. The van der Waals surface area contributed by atoms with Gasteiger partial charge in [0.2, 0.25) is 0 Å². The quantitative estimate of drug-likeness (QED) is 0.787. The van der Waals surface area contributed by atoms with Crippen molar-refractivity contribution in [1.29, 1.82) is 0 Å². The monoisotopic (exact) mass is 286 g/mol. The summed E-state index contributed by atoms with van der Waals surface area (Å²) in [5, 5.41) is 0.468. The molecule has 1 aliphatic rings. The fraction of sp³-hybridized carbons (Fsp3) is 0.235. The minimum Gasteiger partial charge on any atom is -0.487 e. The van der Waals surface area contributed by atoms with Gasteiger partial charge in [0.25, 0.3) is 0 Å². The maximum absolute atomic E-state index is 10.7. The molecule has 0 radical (unpaired) electrons. The van der Waals surface area contributed by atoms with E-state index < -0.39 is 0 Å². The molecule has 3 heteroatoms. The van der Waals surface area contributed by atoms with Gasteiger partial charge in [0.1, 0.15) is 18.6 Å². The molecule has 0 atom stereocenters. The van der Waals surface area contributed by atoms with E-state index in [1.165, 1.54) is 24.0 Å². The van der Waals surface area contributed by atoms with Crippen LogP contribution in [0.1, 0.15) is 33.5 Å². The van der Waals surface area contributed by atoms with Crippen molar-refractivity contribution in [3.05, 3.63) is 63.7 Å². The lowest BCUT2D eigenvalue weighted by atomic mass is 10.1. The topological polar surface area (TPSA) is 26.3 Å². The average molecular weight is 287 g/mol. The van der Waals surface area contributed by atoms with E-state index in [0.29, 0.717) is 22.9 Å². The summed E-state index contributed by atoms with van der Waals surface area (Å²) in [4.78, 5) is 10.7. The molecule has 20 heavy (non-hydrogen) atoms. The van der Waals surface area contributed by atoms with Crippen molar-refractivity contribution in [3.63, 3.8) is 0 Å². The molecule has 0 heterocycles. The van der Waals surface area contributed by atoms with Crippen LogP contribution in [0, 0.1) is 0 Å². The highest BCUT2D eigenvalue weighted by Gasteiger charge is 2.11. The van der Waals surface area contributed by atoms with Gasteiger partial charge in [-0.05, 0) is 54.2 Å². The number of carbonyl (C=O) groups excluding carboxylic acids is 1. The maximum Gasteiger partial charge on any atom is 0.150 e.